The average Bonchev–Trinajstić information content (AvgIpc) is 2.65. The first-order chi connectivity index (χ1) is 8.56. The molecule has 1 fully saturated rings. The predicted molar refractivity (Wildman–Crippen MR) is 71.4 cm³/mol. The Bertz CT molecular complexity index is 519. The lowest BCUT2D eigenvalue weighted by molar-refractivity contribution is -0.255. The van der Waals surface area contributed by atoms with E-state index in [1.165, 1.54) is 23.9 Å². The van der Waals surface area contributed by atoms with Crippen molar-refractivity contribution < 1.29 is 14.7 Å². The van der Waals surface area contributed by atoms with Crippen LogP contribution in [-0.4, -0.2) is 28.0 Å². The van der Waals surface area contributed by atoms with Crippen molar-refractivity contribution in [3.63, 3.8) is 0 Å². The Morgan fingerprint density at radius 3 is 2.94 bits per heavy atom. The monoisotopic (exact) mass is 281 g/mol. The van der Waals surface area contributed by atoms with Crippen molar-refractivity contribution in [2.45, 2.75) is 5.25 Å². The summed E-state index contributed by atoms with van der Waals surface area (Å²) in [7, 11) is 0. The summed E-state index contributed by atoms with van der Waals surface area (Å²) in [5, 5.41) is 15.9. The van der Waals surface area contributed by atoms with Gasteiger partial charge in [0, 0.05) is 12.2 Å². The molecule has 0 aliphatic carbocycles. The van der Waals surface area contributed by atoms with Crippen LogP contribution in [0.4, 0.5) is 5.69 Å². The molecule has 2 rings (SSSR count). The van der Waals surface area contributed by atoms with Crippen molar-refractivity contribution in [2.24, 2.45) is 0 Å². The van der Waals surface area contributed by atoms with Crippen molar-refractivity contribution in [3.05, 3.63) is 29.8 Å². The van der Waals surface area contributed by atoms with Crippen molar-refractivity contribution in [2.75, 3.05) is 11.9 Å². The largest absolute Gasteiger partial charge is 0.545 e. The van der Waals surface area contributed by atoms with Gasteiger partial charge < -0.3 is 20.5 Å². The van der Waals surface area contributed by atoms with Crippen LogP contribution >= 0.6 is 24.0 Å². The summed E-state index contributed by atoms with van der Waals surface area (Å²) >= 11 is 6.16. The first-order valence-corrected chi connectivity index (χ1v) is 6.42. The van der Waals surface area contributed by atoms with Crippen LogP contribution < -0.4 is 15.7 Å². The maximum atomic E-state index is 11.4. The highest BCUT2D eigenvalue weighted by atomic mass is 32.2. The maximum Gasteiger partial charge on any atom is 0.240 e. The van der Waals surface area contributed by atoms with Gasteiger partial charge in [0.05, 0.1) is 5.97 Å². The number of nitrogens with one attached hydrogen (secondary N) is 2. The number of rotatable bonds is 4. The van der Waals surface area contributed by atoms with Crippen molar-refractivity contribution in [3.8, 4) is 0 Å². The minimum Gasteiger partial charge on any atom is -0.545 e. The Morgan fingerprint density at radius 1 is 1.56 bits per heavy atom. The van der Waals surface area contributed by atoms with Crippen LogP contribution in [0.2, 0.25) is 0 Å². The minimum absolute atomic E-state index is 0.0963. The van der Waals surface area contributed by atoms with Crippen LogP contribution in [0.3, 0.4) is 0 Å². The number of carbonyl (C=O) groups excluding carboxylic acids is 2. The Labute approximate surface area is 113 Å². The molecule has 1 aliphatic heterocycles. The summed E-state index contributed by atoms with van der Waals surface area (Å²) in [6.07, 6.45) is 0. The lowest BCUT2D eigenvalue weighted by Crippen LogP contribution is -2.29. The molecule has 0 radical (unpaired) electrons. The summed E-state index contributed by atoms with van der Waals surface area (Å²) in [4.78, 5) is 22.1. The van der Waals surface area contributed by atoms with Gasteiger partial charge in [-0.15, -0.1) is 0 Å². The molecule has 0 unspecified atom stereocenters. The molecule has 2 N–H and O–H groups in total. The van der Waals surface area contributed by atoms with Crippen LogP contribution in [0.1, 0.15) is 10.4 Å². The van der Waals surface area contributed by atoms with Gasteiger partial charge in [-0.1, -0.05) is 36.1 Å². The second-order valence-electron chi connectivity index (χ2n) is 3.63. The van der Waals surface area contributed by atoms with Gasteiger partial charge in [-0.2, -0.15) is 0 Å². The van der Waals surface area contributed by atoms with Gasteiger partial charge in [0.1, 0.15) is 9.57 Å². The van der Waals surface area contributed by atoms with Gasteiger partial charge in [0.15, 0.2) is 0 Å². The second-order valence-corrected chi connectivity index (χ2v) is 5.51. The number of carbonyl (C=O) groups is 2. The van der Waals surface area contributed by atoms with Crippen LogP contribution in [0.5, 0.6) is 0 Å². The fourth-order valence-electron chi connectivity index (χ4n) is 1.49. The zero-order valence-electron chi connectivity index (χ0n) is 9.14. The van der Waals surface area contributed by atoms with Gasteiger partial charge in [0.25, 0.3) is 0 Å². The molecule has 1 aromatic rings. The van der Waals surface area contributed by atoms with Crippen molar-refractivity contribution in [1.82, 2.24) is 5.32 Å². The molecule has 7 heteroatoms. The third kappa shape index (κ3) is 2.99. The average molecular weight is 281 g/mol. The Kier molecular flexibility index (Phi) is 3.83. The quantitative estimate of drug-likeness (QED) is 0.755. The number of aromatic carboxylic acids is 1. The molecular weight excluding hydrogens is 272 g/mol. The van der Waals surface area contributed by atoms with E-state index in [9.17, 15) is 14.7 Å². The van der Waals surface area contributed by atoms with E-state index in [1.54, 1.807) is 12.1 Å². The van der Waals surface area contributed by atoms with Crippen molar-refractivity contribution in [1.29, 1.82) is 0 Å². The first kappa shape index (κ1) is 12.8. The number of hydrogen-bond donors (Lipinski definition) is 2. The molecule has 0 spiro atoms. The van der Waals surface area contributed by atoms with E-state index < -0.39 is 5.97 Å². The van der Waals surface area contributed by atoms with E-state index in [4.69, 9.17) is 12.2 Å². The number of hydrogen-bond acceptors (Lipinski definition) is 6. The molecule has 0 aromatic heterocycles. The van der Waals surface area contributed by atoms with Gasteiger partial charge in [-0.3, -0.25) is 4.79 Å². The number of amides is 1. The molecule has 1 amide bonds. The zero-order valence-corrected chi connectivity index (χ0v) is 10.8. The van der Waals surface area contributed by atoms with Crippen molar-refractivity contribution >= 4 is 45.9 Å². The first-order valence-electron chi connectivity index (χ1n) is 5.13. The highest BCUT2D eigenvalue weighted by molar-refractivity contribution is 8.24. The van der Waals surface area contributed by atoms with Gasteiger partial charge in [0.2, 0.25) is 5.91 Å². The van der Waals surface area contributed by atoms with E-state index in [1.807, 2.05) is 0 Å². The number of carboxylic acid groups (broad SMARTS) is 1. The number of anilines is 1. The Morgan fingerprint density at radius 2 is 2.33 bits per heavy atom. The van der Waals surface area contributed by atoms with E-state index in [0.717, 1.165) is 0 Å². The molecule has 1 aromatic carbocycles. The van der Waals surface area contributed by atoms with E-state index in [-0.39, 0.29) is 16.7 Å². The highest BCUT2D eigenvalue weighted by Gasteiger charge is 2.28. The van der Waals surface area contributed by atoms with Gasteiger partial charge in [-0.25, -0.2) is 0 Å². The molecule has 0 saturated carbocycles. The smallest absolute Gasteiger partial charge is 0.240 e. The number of carboxylic acids is 1. The van der Waals surface area contributed by atoms with Gasteiger partial charge in [-0.05, 0) is 17.7 Å². The summed E-state index contributed by atoms with van der Waals surface area (Å²) < 4.78 is 0.468. The maximum absolute atomic E-state index is 11.4. The standard InChI is InChI=1S/C11H10N2O3S2/c14-9-8(18-11(17)13-9)5-12-7-3-1-2-6(4-7)10(15)16/h1-4,8,12H,5H2,(H,15,16)(H,13,14,17)/p-1/t8-/m1/s1. The third-order valence-electron chi connectivity index (χ3n) is 2.36. The highest BCUT2D eigenvalue weighted by Crippen LogP contribution is 2.20. The normalized spacial score (nSPS) is 18.6. The SMILES string of the molecule is O=C([O-])c1cccc(NC[C@H]2SC(=S)NC2=O)c1. The molecule has 5 nitrogen and oxygen atoms in total. The van der Waals surface area contributed by atoms with E-state index in [0.29, 0.717) is 16.6 Å². The molecule has 94 valence electrons. The molecule has 1 atom stereocenters. The van der Waals surface area contributed by atoms with Crippen LogP contribution in [-0.2, 0) is 4.79 Å². The molecular formula is C11H9N2O3S2-. The fraction of sp³-hybridized carbons (Fsp3) is 0.182. The summed E-state index contributed by atoms with van der Waals surface area (Å²) in [6, 6.07) is 6.25. The summed E-state index contributed by atoms with van der Waals surface area (Å²) in [6.45, 7) is 0.382. The lowest BCUT2D eigenvalue weighted by atomic mass is 10.2. The zero-order chi connectivity index (χ0) is 13.1. The molecule has 1 heterocycles. The number of benzene rings is 1. The number of thioether (sulfide) groups is 1. The van der Waals surface area contributed by atoms with Crippen LogP contribution in [0.25, 0.3) is 0 Å². The Balaban J connectivity index is 1.98. The molecule has 1 aliphatic rings. The summed E-state index contributed by atoms with van der Waals surface area (Å²) in [5.41, 5.74) is 0.724. The molecule has 0 bridgehead atoms. The molecule has 1 saturated heterocycles. The lowest BCUT2D eigenvalue weighted by Gasteiger charge is -2.10. The van der Waals surface area contributed by atoms with E-state index >= 15 is 0 Å². The van der Waals surface area contributed by atoms with Crippen LogP contribution in [0.15, 0.2) is 24.3 Å². The third-order valence-corrected chi connectivity index (χ3v) is 3.73. The second kappa shape index (κ2) is 5.36. The molecule has 18 heavy (non-hydrogen) atoms. The van der Waals surface area contributed by atoms with E-state index in [2.05, 4.69) is 10.6 Å². The minimum atomic E-state index is -1.23. The van der Waals surface area contributed by atoms with Crippen LogP contribution in [0, 0.1) is 0 Å². The predicted octanol–water partition coefficient (Wildman–Crippen LogP) is -0.0215. The topological polar surface area (TPSA) is 81.3 Å². The Hall–Kier alpha value is -1.60. The fourth-order valence-corrected chi connectivity index (χ4v) is 2.69. The number of thiocarbonyl (C=S) groups is 1. The summed E-state index contributed by atoms with van der Waals surface area (Å²) in [5.74, 6) is -1.36. The van der Waals surface area contributed by atoms with Gasteiger partial charge >= 0.3 is 0 Å².